The van der Waals surface area contributed by atoms with E-state index >= 15 is 0 Å². The fourth-order valence-electron chi connectivity index (χ4n) is 2.68. The molecule has 0 aromatic carbocycles. The average molecular weight is 514 g/mol. The van der Waals surface area contributed by atoms with Crippen LogP contribution in [-0.4, -0.2) is 45.5 Å². The highest BCUT2D eigenvalue weighted by atomic mass is 127. The quantitative estimate of drug-likeness (QED) is 0.270. The molecule has 1 saturated carbocycles. The maximum absolute atomic E-state index is 10.7. The lowest BCUT2D eigenvalue weighted by Crippen LogP contribution is -2.44. The number of aliphatic imine (C=N–C) groups is 1. The van der Waals surface area contributed by atoms with Gasteiger partial charge in [0.25, 0.3) is 0 Å². The normalized spacial score (nSPS) is 15.9. The second-order valence-corrected chi connectivity index (χ2v) is 7.48. The molecular formula is C20H31IN6O2. The predicted molar refractivity (Wildman–Crippen MR) is 123 cm³/mol. The highest BCUT2D eigenvalue weighted by molar-refractivity contribution is 14.0. The third kappa shape index (κ3) is 7.46. The topological polar surface area (TPSA) is 96.6 Å². The summed E-state index contributed by atoms with van der Waals surface area (Å²) in [4.78, 5) is 8.88. The van der Waals surface area contributed by atoms with Crippen molar-refractivity contribution in [2.45, 2.75) is 38.8 Å². The molecule has 0 bridgehead atoms. The minimum absolute atomic E-state index is 0. The number of nitrogens with zero attached hydrogens (tertiary/aromatic N) is 4. The average Bonchev–Trinajstić information content (AvgIpc) is 3.41. The Balaban J connectivity index is 0.00000300. The number of hydrogen-bond acceptors (Lipinski definition) is 5. The smallest absolute Gasteiger partial charge is 0.213 e. The Labute approximate surface area is 189 Å². The standard InChI is InChI=1S/C20H30N6O2.HI/c1-4-21-19(24-14-20(2,27)17-11-25-26(3)12-17)23-10-16-7-8-22-18(9-16)28-13-15-5-6-15;/h7-9,11-12,15,27H,4-6,10,13-14H2,1-3H3,(H2,21,23,24);1H. The molecule has 1 unspecified atom stereocenters. The molecule has 9 heteroatoms. The molecule has 2 aromatic heterocycles. The molecule has 1 aliphatic rings. The Morgan fingerprint density at radius 1 is 1.41 bits per heavy atom. The van der Waals surface area contributed by atoms with E-state index in [2.05, 4.69) is 25.7 Å². The number of aryl methyl sites for hydroxylation is 1. The molecular weight excluding hydrogens is 483 g/mol. The lowest BCUT2D eigenvalue weighted by molar-refractivity contribution is 0.0616. The highest BCUT2D eigenvalue weighted by Gasteiger charge is 2.25. The van der Waals surface area contributed by atoms with E-state index in [1.165, 1.54) is 12.8 Å². The number of hydrogen-bond donors (Lipinski definition) is 3. The van der Waals surface area contributed by atoms with Crippen molar-refractivity contribution in [1.82, 2.24) is 25.4 Å². The number of aliphatic hydroxyl groups is 1. The fourth-order valence-corrected chi connectivity index (χ4v) is 2.68. The van der Waals surface area contributed by atoms with Crippen LogP contribution in [0.5, 0.6) is 5.88 Å². The van der Waals surface area contributed by atoms with Crippen LogP contribution in [0.25, 0.3) is 0 Å². The summed E-state index contributed by atoms with van der Waals surface area (Å²) in [6.07, 6.45) is 7.74. The van der Waals surface area contributed by atoms with E-state index < -0.39 is 5.60 Å². The zero-order valence-electron chi connectivity index (χ0n) is 17.3. The van der Waals surface area contributed by atoms with Gasteiger partial charge in [-0.05, 0) is 44.2 Å². The second kappa shape index (κ2) is 10.8. The van der Waals surface area contributed by atoms with Crippen LogP contribution in [0.2, 0.25) is 0 Å². The Hall–Kier alpha value is -1.88. The first-order chi connectivity index (χ1) is 13.5. The number of guanidine groups is 1. The van der Waals surface area contributed by atoms with Gasteiger partial charge in [-0.3, -0.25) is 4.68 Å². The van der Waals surface area contributed by atoms with Gasteiger partial charge in [0.1, 0.15) is 5.60 Å². The maximum Gasteiger partial charge on any atom is 0.213 e. The molecule has 0 saturated heterocycles. The zero-order chi connectivity index (χ0) is 20.0. The summed E-state index contributed by atoms with van der Waals surface area (Å²) in [5.41, 5.74) is 0.729. The SMILES string of the molecule is CCNC(=NCc1ccnc(OCC2CC2)c1)NCC(C)(O)c1cnn(C)c1.I. The van der Waals surface area contributed by atoms with Crippen LogP contribution in [0.1, 0.15) is 37.8 Å². The van der Waals surface area contributed by atoms with Gasteiger partial charge in [0.05, 0.1) is 25.9 Å². The van der Waals surface area contributed by atoms with E-state index in [4.69, 9.17) is 4.74 Å². The summed E-state index contributed by atoms with van der Waals surface area (Å²) in [6, 6.07) is 3.87. The number of ether oxygens (including phenoxy) is 1. The van der Waals surface area contributed by atoms with E-state index in [0.29, 0.717) is 30.8 Å². The molecule has 3 rings (SSSR count). The van der Waals surface area contributed by atoms with E-state index in [9.17, 15) is 5.11 Å². The summed E-state index contributed by atoms with van der Waals surface area (Å²) in [5.74, 6) is 1.99. The molecule has 1 aliphatic carbocycles. The van der Waals surface area contributed by atoms with E-state index in [1.54, 1.807) is 24.0 Å². The first-order valence-electron chi connectivity index (χ1n) is 9.77. The van der Waals surface area contributed by atoms with Crippen molar-refractivity contribution in [2.24, 2.45) is 18.0 Å². The fraction of sp³-hybridized carbons (Fsp3) is 0.550. The van der Waals surface area contributed by atoms with Gasteiger partial charge in [-0.1, -0.05) is 0 Å². The van der Waals surface area contributed by atoms with Crippen LogP contribution >= 0.6 is 24.0 Å². The van der Waals surface area contributed by atoms with Gasteiger partial charge in [0.2, 0.25) is 5.88 Å². The van der Waals surface area contributed by atoms with Crippen LogP contribution in [0.3, 0.4) is 0 Å². The van der Waals surface area contributed by atoms with Gasteiger partial charge in [0.15, 0.2) is 5.96 Å². The Morgan fingerprint density at radius 3 is 2.86 bits per heavy atom. The van der Waals surface area contributed by atoms with Gasteiger partial charge in [-0.15, -0.1) is 24.0 Å². The Morgan fingerprint density at radius 2 is 2.21 bits per heavy atom. The third-order valence-electron chi connectivity index (χ3n) is 4.65. The number of rotatable bonds is 9. The lowest BCUT2D eigenvalue weighted by atomic mass is 10.00. The molecule has 160 valence electrons. The van der Waals surface area contributed by atoms with Crippen molar-refractivity contribution in [3.63, 3.8) is 0 Å². The second-order valence-electron chi connectivity index (χ2n) is 7.48. The number of aromatic nitrogens is 3. The van der Waals surface area contributed by atoms with Crippen LogP contribution in [0, 0.1) is 5.92 Å². The molecule has 2 aromatic rings. The van der Waals surface area contributed by atoms with Crippen LogP contribution in [0.15, 0.2) is 35.7 Å². The molecule has 29 heavy (non-hydrogen) atoms. The molecule has 0 radical (unpaired) electrons. The van der Waals surface area contributed by atoms with Gasteiger partial charge >= 0.3 is 0 Å². The summed E-state index contributed by atoms with van der Waals surface area (Å²) in [5, 5.41) is 21.3. The van der Waals surface area contributed by atoms with E-state index in [-0.39, 0.29) is 24.0 Å². The summed E-state index contributed by atoms with van der Waals surface area (Å²) in [6.45, 7) is 6.04. The summed E-state index contributed by atoms with van der Waals surface area (Å²) in [7, 11) is 1.83. The highest BCUT2D eigenvalue weighted by Crippen LogP contribution is 2.29. The minimum Gasteiger partial charge on any atom is -0.477 e. The van der Waals surface area contributed by atoms with Crippen molar-refractivity contribution in [3.05, 3.63) is 41.9 Å². The van der Waals surface area contributed by atoms with E-state index in [1.807, 2.05) is 32.3 Å². The number of pyridine rings is 1. The zero-order valence-corrected chi connectivity index (χ0v) is 19.6. The van der Waals surface area contributed by atoms with Crippen molar-refractivity contribution in [3.8, 4) is 5.88 Å². The Kier molecular flexibility index (Phi) is 8.69. The van der Waals surface area contributed by atoms with Crippen molar-refractivity contribution >= 4 is 29.9 Å². The van der Waals surface area contributed by atoms with Gasteiger partial charge in [-0.2, -0.15) is 5.10 Å². The van der Waals surface area contributed by atoms with Gasteiger partial charge < -0.3 is 20.5 Å². The summed E-state index contributed by atoms with van der Waals surface area (Å²) >= 11 is 0. The monoisotopic (exact) mass is 514 g/mol. The molecule has 8 nitrogen and oxygen atoms in total. The first-order valence-corrected chi connectivity index (χ1v) is 9.77. The number of halogens is 1. The van der Waals surface area contributed by atoms with Crippen LogP contribution in [0.4, 0.5) is 0 Å². The van der Waals surface area contributed by atoms with Crippen molar-refractivity contribution in [1.29, 1.82) is 0 Å². The maximum atomic E-state index is 10.7. The first kappa shape index (κ1) is 23.4. The molecule has 1 fully saturated rings. The van der Waals surface area contributed by atoms with Gasteiger partial charge in [0, 0.05) is 37.6 Å². The molecule has 0 spiro atoms. The van der Waals surface area contributed by atoms with E-state index in [0.717, 1.165) is 24.3 Å². The largest absolute Gasteiger partial charge is 0.477 e. The number of nitrogens with one attached hydrogen (secondary N) is 2. The lowest BCUT2D eigenvalue weighted by Gasteiger charge is -2.23. The van der Waals surface area contributed by atoms with Crippen molar-refractivity contribution < 1.29 is 9.84 Å². The predicted octanol–water partition coefficient (Wildman–Crippen LogP) is 2.18. The summed E-state index contributed by atoms with van der Waals surface area (Å²) < 4.78 is 7.41. The van der Waals surface area contributed by atoms with Crippen LogP contribution < -0.4 is 15.4 Å². The molecule has 0 aliphatic heterocycles. The molecule has 2 heterocycles. The molecule has 1 atom stereocenters. The van der Waals surface area contributed by atoms with Gasteiger partial charge in [-0.25, -0.2) is 9.98 Å². The molecule has 3 N–H and O–H groups in total. The minimum atomic E-state index is -1.05. The van der Waals surface area contributed by atoms with Crippen LogP contribution in [-0.2, 0) is 19.2 Å². The Bertz CT molecular complexity index is 804. The van der Waals surface area contributed by atoms with Crippen molar-refractivity contribution in [2.75, 3.05) is 19.7 Å². The third-order valence-corrected chi connectivity index (χ3v) is 4.65. The molecule has 0 amide bonds.